The highest BCUT2D eigenvalue weighted by Gasteiger charge is 1.92. The molecule has 0 amide bonds. The lowest BCUT2D eigenvalue weighted by atomic mass is 10.8. The lowest BCUT2D eigenvalue weighted by Gasteiger charge is -2.03. The third-order valence-electron chi connectivity index (χ3n) is 0.922. The highest BCUT2D eigenvalue weighted by Crippen LogP contribution is 1.82. The molecule has 0 rings (SSSR count). The number of rotatable bonds is 7. The molecule has 0 aromatic carbocycles. The molecule has 0 aliphatic carbocycles. The Hall–Kier alpha value is -0.393. The van der Waals surface area contributed by atoms with Gasteiger partial charge < -0.3 is 13.9 Å². The predicted molar refractivity (Wildman–Crippen MR) is 44.8 cm³/mol. The van der Waals surface area contributed by atoms with Crippen molar-refractivity contribution in [2.24, 2.45) is 0 Å². The van der Waals surface area contributed by atoms with Crippen molar-refractivity contribution in [2.45, 2.75) is 19.9 Å². The zero-order valence-electron chi connectivity index (χ0n) is 7.46. The van der Waals surface area contributed by atoms with Crippen LogP contribution in [0.3, 0.4) is 0 Å². The van der Waals surface area contributed by atoms with Crippen molar-refractivity contribution in [1.82, 2.24) is 0 Å². The molecule has 70 valence electrons. The van der Waals surface area contributed by atoms with Crippen molar-refractivity contribution in [3.63, 3.8) is 0 Å². The summed E-state index contributed by atoms with van der Waals surface area (Å²) in [5.41, 5.74) is 0. The molecule has 0 saturated heterocycles. The van der Waals surface area contributed by atoms with Gasteiger partial charge in [0.1, 0.15) is 0 Å². The molecule has 0 fully saturated rings. The second-order valence-electron chi connectivity index (χ2n) is 2.01. The number of esters is 1. The van der Waals surface area contributed by atoms with E-state index in [2.05, 4.69) is 11.7 Å². The lowest BCUT2D eigenvalue weighted by molar-refractivity contribution is -0.154. The zero-order valence-corrected chi connectivity index (χ0v) is 8.46. The Labute approximate surface area is 75.1 Å². The molecule has 0 heterocycles. The van der Waals surface area contributed by atoms with Gasteiger partial charge in [0.25, 0.3) is 0 Å². The maximum absolute atomic E-state index is 10.2. The molecule has 0 aliphatic rings. The maximum Gasteiger partial charge on any atom is 0.304 e. The molecule has 0 aromatic rings. The second-order valence-corrected chi connectivity index (χ2v) is 3.29. The van der Waals surface area contributed by atoms with Crippen LogP contribution in [0.5, 0.6) is 0 Å². The van der Waals surface area contributed by atoms with E-state index in [0.717, 1.165) is 6.04 Å². The van der Waals surface area contributed by atoms with Gasteiger partial charge in [-0.05, 0) is 6.04 Å². The summed E-state index contributed by atoms with van der Waals surface area (Å²) in [4.78, 5) is 10.2. The van der Waals surface area contributed by atoms with Gasteiger partial charge in [0, 0.05) is 6.92 Å². The Morgan fingerprint density at radius 1 is 1.42 bits per heavy atom. The minimum atomic E-state index is -0.327. The van der Waals surface area contributed by atoms with Crippen molar-refractivity contribution < 1.29 is 18.7 Å². The van der Waals surface area contributed by atoms with Crippen LogP contribution in [0.25, 0.3) is 0 Å². The van der Waals surface area contributed by atoms with Crippen LogP contribution in [0.15, 0.2) is 0 Å². The van der Waals surface area contributed by atoms with E-state index in [4.69, 9.17) is 9.16 Å². The van der Waals surface area contributed by atoms with E-state index in [1.165, 1.54) is 6.92 Å². The fourth-order valence-corrected chi connectivity index (χ4v) is 0.890. The average molecular weight is 190 g/mol. The van der Waals surface area contributed by atoms with Gasteiger partial charge in [0.05, 0.1) is 13.2 Å². The highest BCUT2D eigenvalue weighted by atomic mass is 28.2. The van der Waals surface area contributed by atoms with Crippen molar-refractivity contribution in [3.8, 4) is 0 Å². The van der Waals surface area contributed by atoms with Gasteiger partial charge in [-0.25, -0.2) is 0 Å². The first-order valence-electron chi connectivity index (χ1n) is 3.83. The van der Waals surface area contributed by atoms with Gasteiger partial charge >= 0.3 is 5.97 Å². The quantitative estimate of drug-likeness (QED) is 0.255. The summed E-state index contributed by atoms with van der Waals surface area (Å²) in [6.07, 6.45) is 0. The minimum absolute atomic E-state index is 0.0218. The van der Waals surface area contributed by atoms with E-state index in [0.29, 0.717) is 23.0 Å². The number of hydrogen-bond acceptors (Lipinski definition) is 4. The van der Waals surface area contributed by atoms with Crippen molar-refractivity contribution >= 4 is 15.7 Å². The van der Waals surface area contributed by atoms with Crippen LogP contribution in [0.4, 0.5) is 0 Å². The number of ether oxygens (including phenoxy) is 2. The van der Waals surface area contributed by atoms with Crippen LogP contribution < -0.4 is 0 Å². The molecule has 12 heavy (non-hydrogen) atoms. The Kier molecular flexibility index (Phi) is 8.42. The van der Waals surface area contributed by atoms with Crippen molar-refractivity contribution in [3.05, 3.63) is 0 Å². The standard InChI is InChI=1S/C7H14O4Si/c1-3-12-11-5-4-9-6-10-7(2)8/h3-6H2,1-2H3. The second kappa shape index (κ2) is 8.70. The van der Waals surface area contributed by atoms with E-state index >= 15 is 0 Å². The average Bonchev–Trinajstić information content (AvgIpc) is 2.02. The van der Waals surface area contributed by atoms with Crippen LogP contribution in [0.2, 0.25) is 6.04 Å². The molecule has 5 heteroatoms. The van der Waals surface area contributed by atoms with Crippen LogP contribution in [-0.4, -0.2) is 35.7 Å². The highest BCUT2D eigenvalue weighted by molar-refractivity contribution is 6.26. The summed E-state index contributed by atoms with van der Waals surface area (Å²) in [6, 6.07) is 1.03. The first-order valence-corrected chi connectivity index (χ1v) is 4.94. The van der Waals surface area contributed by atoms with Gasteiger partial charge in [-0.1, -0.05) is 6.92 Å². The van der Waals surface area contributed by atoms with Gasteiger partial charge in [-0.2, -0.15) is 0 Å². The molecule has 0 N–H and O–H groups in total. The Balaban J connectivity index is 2.86. The topological polar surface area (TPSA) is 44.8 Å². The van der Waals surface area contributed by atoms with Gasteiger partial charge in [0.2, 0.25) is 9.76 Å². The van der Waals surface area contributed by atoms with E-state index in [-0.39, 0.29) is 12.8 Å². The lowest BCUT2D eigenvalue weighted by Crippen LogP contribution is -2.10. The first-order chi connectivity index (χ1) is 5.77. The number of carbonyl (C=O) groups is 1. The van der Waals surface area contributed by atoms with Crippen molar-refractivity contribution in [1.29, 1.82) is 0 Å². The fraction of sp³-hybridized carbons (Fsp3) is 0.857. The Morgan fingerprint density at radius 2 is 2.17 bits per heavy atom. The molecule has 0 aromatic heterocycles. The largest absolute Gasteiger partial charge is 0.439 e. The molecule has 0 aliphatic heterocycles. The predicted octanol–water partition coefficient (Wildman–Crippen LogP) is 0.598. The van der Waals surface area contributed by atoms with E-state index in [9.17, 15) is 4.79 Å². The summed E-state index contributed by atoms with van der Waals surface area (Å²) in [7, 11) is 0.534. The van der Waals surface area contributed by atoms with Crippen LogP contribution in [0.1, 0.15) is 13.8 Å². The Morgan fingerprint density at radius 3 is 2.75 bits per heavy atom. The van der Waals surface area contributed by atoms with Crippen LogP contribution >= 0.6 is 0 Å². The summed E-state index contributed by atoms with van der Waals surface area (Å²) in [5, 5.41) is 0. The van der Waals surface area contributed by atoms with E-state index in [1.54, 1.807) is 0 Å². The number of carbonyl (C=O) groups excluding carboxylic acids is 1. The minimum Gasteiger partial charge on any atom is -0.439 e. The zero-order chi connectivity index (χ0) is 9.23. The third kappa shape index (κ3) is 9.61. The third-order valence-corrected chi connectivity index (χ3v) is 1.62. The summed E-state index contributed by atoms with van der Waals surface area (Å²) < 4.78 is 14.6. The monoisotopic (exact) mass is 190 g/mol. The van der Waals surface area contributed by atoms with Gasteiger partial charge in [0.15, 0.2) is 6.79 Å². The first kappa shape index (κ1) is 11.6. The molecule has 0 spiro atoms. The molecule has 0 atom stereocenters. The molecule has 0 bridgehead atoms. The summed E-state index contributed by atoms with van der Waals surface area (Å²) in [5.74, 6) is -0.327. The van der Waals surface area contributed by atoms with E-state index < -0.39 is 0 Å². The molecular weight excluding hydrogens is 176 g/mol. The van der Waals surface area contributed by atoms with E-state index in [1.807, 2.05) is 0 Å². The molecule has 0 unspecified atom stereocenters. The van der Waals surface area contributed by atoms with Crippen LogP contribution in [0, 0.1) is 0 Å². The maximum atomic E-state index is 10.2. The normalized spacial score (nSPS) is 9.83. The number of hydrogen-bond donors (Lipinski definition) is 0. The molecule has 0 saturated carbocycles. The van der Waals surface area contributed by atoms with Crippen LogP contribution in [-0.2, 0) is 18.7 Å². The summed E-state index contributed by atoms with van der Waals surface area (Å²) in [6.45, 7) is 4.46. The smallest absolute Gasteiger partial charge is 0.304 e. The summed E-state index contributed by atoms with van der Waals surface area (Å²) >= 11 is 0. The molecule has 4 nitrogen and oxygen atoms in total. The SMILES string of the molecule is CC[Si]OCCOCOC(C)=O. The fourth-order valence-electron chi connectivity index (χ4n) is 0.458. The molecule has 2 radical (unpaired) electrons. The van der Waals surface area contributed by atoms with Crippen molar-refractivity contribution in [2.75, 3.05) is 20.0 Å². The van der Waals surface area contributed by atoms with Gasteiger partial charge in [-0.15, -0.1) is 0 Å². The van der Waals surface area contributed by atoms with Gasteiger partial charge in [-0.3, -0.25) is 4.79 Å². The Bertz CT molecular complexity index is 118. The molecular formula is C7H14O4Si.